The molecule has 0 aliphatic carbocycles. The quantitative estimate of drug-likeness (QED) is 0.590. The Bertz CT molecular complexity index is 445. The molecule has 0 saturated carbocycles. The minimum absolute atomic E-state index is 0.487. The van der Waals surface area contributed by atoms with E-state index < -0.39 is 0 Å². The Morgan fingerprint density at radius 3 is 2.65 bits per heavy atom. The van der Waals surface area contributed by atoms with Gasteiger partial charge in [-0.2, -0.15) is 0 Å². The fourth-order valence-electron chi connectivity index (χ4n) is 1.74. The van der Waals surface area contributed by atoms with Crippen molar-refractivity contribution in [1.82, 2.24) is 5.32 Å². The molecule has 0 amide bonds. The molecular formula is C15H25N3O2. The molecule has 0 bridgehead atoms. The molecule has 3 N–H and O–H groups in total. The van der Waals surface area contributed by atoms with Gasteiger partial charge in [-0.05, 0) is 36.1 Å². The third-order valence-electron chi connectivity index (χ3n) is 2.81. The highest BCUT2D eigenvalue weighted by molar-refractivity contribution is 5.77. The molecule has 5 heteroatoms. The van der Waals surface area contributed by atoms with Crippen LogP contribution in [0.15, 0.2) is 23.2 Å². The summed E-state index contributed by atoms with van der Waals surface area (Å²) in [4.78, 5) is 4.26. The molecule has 112 valence electrons. The van der Waals surface area contributed by atoms with Gasteiger partial charge in [-0.25, -0.2) is 0 Å². The summed E-state index contributed by atoms with van der Waals surface area (Å²) < 4.78 is 10.6. The van der Waals surface area contributed by atoms with Crippen LogP contribution in [0, 0.1) is 5.92 Å². The number of benzene rings is 1. The first-order valence-electron chi connectivity index (χ1n) is 6.81. The minimum atomic E-state index is 0.487. The predicted molar refractivity (Wildman–Crippen MR) is 82.6 cm³/mol. The highest BCUT2D eigenvalue weighted by Gasteiger charge is 2.05. The van der Waals surface area contributed by atoms with E-state index in [1.54, 1.807) is 14.2 Å². The van der Waals surface area contributed by atoms with E-state index in [0.717, 1.165) is 30.0 Å². The smallest absolute Gasteiger partial charge is 0.188 e. The van der Waals surface area contributed by atoms with E-state index in [1.807, 2.05) is 18.2 Å². The van der Waals surface area contributed by atoms with E-state index in [4.69, 9.17) is 15.2 Å². The number of ether oxygens (including phenoxy) is 2. The van der Waals surface area contributed by atoms with Gasteiger partial charge in [-0.3, -0.25) is 4.99 Å². The maximum absolute atomic E-state index is 5.80. The Morgan fingerprint density at radius 1 is 1.30 bits per heavy atom. The Labute approximate surface area is 121 Å². The van der Waals surface area contributed by atoms with Gasteiger partial charge in [0.25, 0.3) is 0 Å². The van der Waals surface area contributed by atoms with E-state index in [1.165, 1.54) is 0 Å². The Kier molecular flexibility index (Phi) is 6.70. The Balaban J connectivity index is 2.54. The summed E-state index contributed by atoms with van der Waals surface area (Å²) in [5, 5.41) is 3.11. The number of methoxy groups -OCH3 is 2. The summed E-state index contributed by atoms with van der Waals surface area (Å²) in [6.07, 6.45) is 0.790. The zero-order valence-corrected chi connectivity index (χ0v) is 12.8. The normalized spacial score (nSPS) is 11.6. The van der Waals surface area contributed by atoms with Crippen LogP contribution in [0.1, 0.15) is 19.4 Å². The van der Waals surface area contributed by atoms with Crippen LogP contribution in [-0.4, -0.2) is 33.3 Å². The number of rotatable bonds is 7. The lowest BCUT2D eigenvalue weighted by Crippen LogP contribution is -2.33. The number of hydrogen-bond donors (Lipinski definition) is 2. The van der Waals surface area contributed by atoms with Crippen molar-refractivity contribution in [2.75, 3.05) is 27.3 Å². The van der Waals surface area contributed by atoms with Gasteiger partial charge in [0.2, 0.25) is 0 Å². The summed E-state index contributed by atoms with van der Waals surface area (Å²) in [7, 11) is 3.32. The predicted octanol–water partition coefficient (Wildman–Crippen LogP) is 1.81. The van der Waals surface area contributed by atoms with Gasteiger partial charge < -0.3 is 20.5 Å². The summed E-state index contributed by atoms with van der Waals surface area (Å²) >= 11 is 0. The maximum atomic E-state index is 5.80. The van der Waals surface area contributed by atoms with Crippen molar-refractivity contribution in [3.63, 3.8) is 0 Å². The van der Waals surface area contributed by atoms with Crippen LogP contribution >= 0.6 is 0 Å². The molecule has 0 spiro atoms. The lowest BCUT2D eigenvalue weighted by Gasteiger charge is -2.11. The zero-order valence-electron chi connectivity index (χ0n) is 12.8. The monoisotopic (exact) mass is 279 g/mol. The van der Waals surface area contributed by atoms with Crippen LogP contribution in [0.4, 0.5) is 0 Å². The molecule has 0 aromatic heterocycles. The first kappa shape index (κ1) is 16.1. The molecule has 0 aliphatic heterocycles. The molecule has 0 aliphatic rings. The summed E-state index contributed by atoms with van der Waals surface area (Å²) in [6, 6.07) is 5.76. The second kappa shape index (κ2) is 8.30. The summed E-state index contributed by atoms with van der Waals surface area (Å²) in [5.74, 6) is 2.67. The van der Waals surface area contributed by atoms with Gasteiger partial charge in [0, 0.05) is 13.1 Å². The largest absolute Gasteiger partial charge is 0.497 e. The summed E-state index contributed by atoms with van der Waals surface area (Å²) in [5.41, 5.74) is 6.88. The Hall–Kier alpha value is -1.91. The van der Waals surface area contributed by atoms with Crippen LogP contribution in [0.2, 0.25) is 0 Å². The Morgan fingerprint density at radius 2 is 2.05 bits per heavy atom. The third-order valence-corrected chi connectivity index (χ3v) is 2.81. The molecule has 20 heavy (non-hydrogen) atoms. The minimum Gasteiger partial charge on any atom is -0.497 e. The van der Waals surface area contributed by atoms with E-state index in [2.05, 4.69) is 24.2 Å². The van der Waals surface area contributed by atoms with Crippen LogP contribution in [0.3, 0.4) is 0 Å². The zero-order chi connectivity index (χ0) is 15.0. The molecule has 0 unspecified atom stereocenters. The van der Waals surface area contributed by atoms with Crippen molar-refractivity contribution in [2.45, 2.75) is 20.3 Å². The van der Waals surface area contributed by atoms with E-state index >= 15 is 0 Å². The molecule has 1 aromatic carbocycles. The number of nitrogens with two attached hydrogens (primary N) is 1. The SMILES string of the molecule is COc1ccc(OC)c(CCNC(N)=NCC(C)C)c1. The average molecular weight is 279 g/mol. The van der Waals surface area contributed by atoms with Crippen molar-refractivity contribution in [3.05, 3.63) is 23.8 Å². The van der Waals surface area contributed by atoms with Crippen molar-refractivity contribution in [2.24, 2.45) is 16.6 Å². The van der Waals surface area contributed by atoms with Crippen LogP contribution in [0.5, 0.6) is 11.5 Å². The first-order chi connectivity index (χ1) is 9.56. The number of hydrogen-bond acceptors (Lipinski definition) is 3. The van der Waals surface area contributed by atoms with Crippen molar-refractivity contribution >= 4 is 5.96 Å². The van der Waals surface area contributed by atoms with Gasteiger partial charge in [0.05, 0.1) is 14.2 Å². The standard InChI is InChI=1S/C15H25N3O2/c1-11(2)10-18-15(16)17-8-7-12-9-13(19-3)5-6-14(12)20-4/h5-6,9,11H,7-8,10H2,1-4H3,(H3,16,17,18). The van der Waals surface area contributed by atoms with Crippen LogP contribution < -0.4 is 20.5 Å². The fraction of sp³-hybridized carbons (Fsp3) is 0.533. The highest BCUT2D eigenvalue weighted by Crippen LogP contribution is 2.23. The van der Waals surface area contributed by atoms with Gasteiger partial charge >= 0.3 is 0 Å². The number of nitrogens with zero attached hydrogens (tertiary/aromatic N) is 1. The van der Waals surface area contributed by atoms with E-state index in [9.17, 15) is 0 Å². The molecule has 1 aromatic rings. The van der Waals surface area contributed by atoms with Crippen LogP contribution in [-0.2, 0) is 6.42 Å². The van der Waals surface area contributed by atoms with Crippen molar-refractivity contribution in [3.8, 4) is 11.5 Å². The molecule has 0 radical (unpaired) electrons. The second-order valence-electron chi connectivity index (χ2n) is 4.97. The number of nitrogens with one attached hydrogen (secondary N) is 1. The lowest BCUT2D eigenvalue weighted by atomic mass is 10.1. The van der Waals surface area contributed by atoms with Gasteiger partial charge in [0.15, 0.2) is 5.96 Å². The highest BCUT2D eigenvalue weighted by atomic mass is 16.5. The second-order valence-corrected chi connectivity index (χ2v) is 4.97. The topological polar surface area (TPSA) is 68.9 Å². The maximum Gasteiger partial charge on any atom is 0.188 e. The van der Waals surface area contributed by atoms with E-state index in [-0.39, 0.29) is 0 Å². The number of guanidine groups is 1. The third kappa shape index (κ3) is 5.38. The molecular weight excluding hydrogens is 254 g/mol. The van der Waals surface area contributed by atoms with Gasteiger partial charge in [-0.1, -0.05) is 13.8 Å². The fourth-order valence-corrected chi connectivity index (χ4v) is 1.74. The van der Waals surface area contributed by atoms with E-state index in [0.29, 0.717) is 18.4 Å². The molecule has 0 heterocycles. The van der Waals surface area contributed by atoms with Crippen molar-refractivity contribution < 1.29 is 9.47 Å². The van der Waals surface area contributed by atoms with Crippen molar-refractivity contribution in [1.29, 1.82) is 0 Å². The van der Waals surface area contributed by atoms with Crippen LogP contribution in [0.25, 0.3) is 0 Å². The molecule has 0 fully saturated rings. The number of aliphatic imine (C=N–C) groups is 1. The molecule has 1 rings (SSSR count). The summed E-state index contributed by atoms with van der Waals surface area (Å²) in [6.45, 7) is 5.66. The van der Waals surface area contributed by atoms with Gasteiger partial charge in [0.1, 0.15) is 11.5 Å². The van der Waals surface area contributed by atoms with Gasteiger partial charge in [-0.15, -0.1) is 0 Å². The first-order valence-corrected chi connectivity index (χ1v) is 6.81. The molecule has 5 nitrogen and oxygen atoms in total. The average Bonchev–Trinajstić information content (AvgIpc) is 2.45. The molecule has 0 saturated heterocycles. The lowest BCUT2D eigenvalue weighted by molar-refractivity contribution is 0.398. The molecule has 0 atom stereocenters.